The van der Waals surface area contributed by atoms with E-state index in [4.69, 9.17) is 0 Å². The second-order valence-electron chi connectivity index (χ2n) is 2.98. The van der Waals surface area contributed by atoms with Gasteiger partial charge in [0.05, 0.1) is 0 Å². The molecule has 0 fully saturated rings. The number of halogens is 1. The Bertz CT molecular complexity index is 423. The zero-order chi connectivity index (χ0) is 9.97. The SMILES string of the molecule is CSc1[s+]sc(-c2ccccc2)c1C.[I-]. The minimum absolute atomic E-state index is 0. The van der Waals surface area contributed by atoms with Gasteiger partial charge in [0, 0.05) is 5.56 Å². The molecule has 2 rings (SSSR count). The number of hydrogen-bond acceptors (Lipinski definition) is 2. The zero-order valence-electron chi connectivity index (χ0n) is 8.49. The topological polar surface area (TPSA) is 0 Å². The van der Waals surface area contributed by atoms with Crippen LogP contribution < -0.4 is 24.0 Å². The minimum atomic E-state index is 0. The van der Waals surface area contributed by atoms with E-state index in [0.717, 1.165) is 0 Å². The van der Waals surface area contributed by atoms with Crippen LogP contribution >= 0.6 is 32.4 Å². The summed E-state index contributed by atoms with van der Waals surface area (Å²) in [6, 6.07) is 10.6. The Kier molecular flexibility index (Phi) is 5.52. The Morgan fingerprint density at radius 1 is 1.20 bits per heavy atom. The van der Waals surface area contributed by atoms with E-state index in [-0.39, 0.29) is 24.0 Å². The molecule has 15 heavy (non-hydrogen) atoms. The molecule has 1 aromatic carbocycles. The van der Waals surface area contributed by atoms with E-state index in [0.29, 0.717) is 0 Å². The van der Waals surface area contributed by atoms with Gasteiger partial charge in [-0.15, -0.1) is 0 Å². The maximum atomic E-state index is 2.21. The van der Waals surface area contributed by atoms with Gasteiger partial charge in [-0.3, -0.25) is 0 Å². The van der Waals surface area contributed by atoms with Gasteiger partial charge < -0.3 is 24.0 Å². The summed E-state index contributed by atoms with van der Waals surface area (Å²) in [5.74, 6) is 0. The summed E-state index contributed by atoms with van der Waals surface area (Å²) in [6.07, 6.45) is 2.14. The number of thioether (sulfide) groups is 1. The van der Waals surface area contributed by atoms with E-state index in [1.165, 1.54) is 20.2 Å². The number of benzene rings is 1. The summed E-state index contributed by atoms with van der Waals surface area (Å²) in [4.78, 5) is 1.42. The molecular formula is C11H11IS3. The van der Waals surface area contributed by atoms with Crippen LogP contribution in [0.3, 0.4) is 0 Å². The molecule has 0 amide bonds. The van der Waals surface area contributed by atoms with Crippen molar-refractivity contribution in [1.29, 1.82) is 0 Å². The third-order valence-electron chi connectivity index (χ3n) is 2.07. The third kappa shape index (κ3) is 2.93. The summed E-state index contributed by atoms with van der Waals surface area (Å²) in [5.41, 5.74) is 2.77. The van der Waals surface area contributed by atoms with Crippen LogP contribution in [0.5, 0.6) is 0 Å². The summed E-state index contributed by atoms with van der Waals surface area (Å²) in [7, 11) is 3.75. The lowest BCUT2D eigenvalue weighted by Gasteiger charge is -1.94. The fourth-order valence-electron chi connectivity index (χ4n) is 1.34. The Hall–Kier alpha value is 0.350. The summed E-state index contributed by atoms with van der Waals surface area (Å²) < 4.78 is 1.44. The van der Waals surface area contributed by atoms with Crippen molar-refractivity contribution in [3.8, 4) is 10.4 Å². The van der Waals surface area contributed by atoms with Crippen molar-refractivity contribution in [2.75, 3.05) is 6.26 Å². The Morgan fingerprint density at radius 2 is 1.87 bits per heavy atom. The molecule has 0 nitrogen and oxygen atoms in total. The first-order valence-corrected chi connectivity index (χ1v) is 7.72. The van der Waals surface area contributed by atoms with Gasteiger partial charge in [0.2, 0.25) is 0 Å². The van der Waals surface area contributed by atoms with Gasteiger partial charge in [-0.1, -0.05) is 42.1 Å². The average molecular weight is 366 g/mol. The highest BCUT2D eigenvalue weighted by Gasteiger charge is 2.20. The lowest BCUT2D eigenvalue weighted by Crippen LogP contribution is -3.00. The molecule has 4 heteroatoms. The largest absolute Gasteiger partial charge is 1.00 e. The molecule has 0 spiro atoms. The second-order valence-corrected chi connectivity index (χ2v) is 6.20. The molecule has 0 bridgehead atoms. The van der Waals surface area contributed by atoms with E-state index in [9.17, 15) is 0 Å². The monoisotopic (exact) mass is 366 g/mol. The number of rotatable bonds is 2. The molecular weight excluding hydrogens is 355 g/mol. The average Bonchev–Trinajstić information content (AvgIpc) is 2.61. The molecule has 80 valence electrons. The van der Waals surface area contributed by atoms with Crippen LogP contribution in [-0.2, 0) is 0 Å². The van der Waals surface area contributed by atoms with Gasteiger partial charge in [0.1, 0.15) is 4.88 Å². The van der Waals surface area contributed by atoms with Crippen molar-refractivity contribution in [2.45, 2.75) is 11.1 Å². The van der Waals surface area contributed by atoms with Gasteiger partial charge >= 0.3 is 10.3 Å². The Morgan fingerprint density at radius 3 is 2.40 bits per heavy atom. The van der Waals surface area contributed by atoms with Crippen LogP contribution in [0.2, 0.25) is 0 Å². The predicted molar refractivity (Wildman–Crippen MR) is 68.6 cm³/mol. The molecule has 0 atom stereocenters. The zero-order valence-corrected chi connectivity index (χ0v) is 13.1. The van der Waals surface area contributed by atoms with Crippen LogP contribution in [0.1, 0.15) is 5.56 Å². The fraction of sp³-hybridized carbons (Fsp3) is 0.182. The van der Waals surface area contributed by atoms with E-state index >= 15 is 0 Å². The highest BCUT2D eigenvalue weighted by atomic mass is 127. The Balaban J connectivity index is 0.00000112. The highest BCUT2D eigenvalue weighted by molar-refractivity contribution is 8.02. The van der Waals surface area contributed by atoms with E-state index in [2.05, 4.69) is 43.5 Å². The van der Waals surface area contributed by atoms with Crippen molar-refractivity contribution < 1.29 is 24.0 Å². The third-order valence-corrected chi connectivity index (χ3v) is 6.31. The van der Waals surface area contributed by atoms with Crippen LogP contribution in [-0.4, -0.2) is 6.26 Å². The van der Waals surface area contributed by atoms with Gasteiger partial charge in [-0.05, 0) is 18.7 Å². The molecule has 0 unspecified atom stereocenters. The molecule has 1 heterocycles. The molecule has 1 aromatic heterocycles. The van der Waals surface area contributed by atoms with Crippen molar-refractivity contribution >= 4 is 32.4 Å². The molecule has 0 N–H and O–H groups in total. The minimum Gasteiger partial charge on any atom is -1.00 e. The van der Waals surface area contributed by atoms with Crippen molar-refractivity contribution in [3.63, 3.8) is 0 Å². The van der Waals surface area contributed by atoms with Gasteiger partial charge in [0.25, 0.3) is 4.21 Å². The quantitative estimate of drug-likeness (QED) is 0.338. The van der Waals surface area contributed by atoms with Gasteiger partial charge in [0.15, 0.2) is 10.3 Å². The van der Waals surface area contributed by atoms with Crippen LogP contribution in [0.25, 0.3) is 10.4 Å². The molecule has 0 radical (unpaired) electrons. The van der Waals surface area contributed by atoms with Gasteiger partial charge in [-0.2, -0.15) is 0 Å². The first-order chi connectivity index (χ1) is 6.83. The lowest BCUT2D eigenvalue weighted by molar-refractivity contribution is -0.00000269. The smallest absolute Gasteiger partial charge is 0.308 e. The first kappa shape index (κ1) is 13.4. The Labute approximate surface area is 119 Å². The van der Waals surface area contributed by atoms with E-state index < -0.39 is 0 Å². The molecule has 2 aromatic rings. The number of hydrogen-bond donors (Lipinski definition) is 0. The predicted octanol–water partition coefficient (Wildman–Crippen LogP) is 1.79. The summed E-state index contributed by atoms with van der Waals surface area (Å²) >= 11 is 1.84. The molecule has 0 saturated carbocycles. The molecule has 0 aliphatic heterocycles. The summed E-state index contributed by atoms with van der Waals surface area (Å²) in [5, 5.41) is 0. The molecule has 0 aliphatic rings. The van der Waals surface area contributed by atoms with Gasteiger partial charge in [-0.25, -0.2) is 0 Å². The lowest BCUT2D eigenvalue weighted by atomic mass is 10.1. The standard InChI is InChI=1S/C11H11S3.HI/c1-8-10(13-14-11(8)12-2)9-6-4-3-5-7-9;/h3-7H,1-2H3;1H/q+1;/p-1. The maximum absolute atomic E-state index is 2.21. The van der Waals surface area contributed by atoms with Crippen LogP contribution in [0.15, 0.2) is 34.5 Å². The summed E-state index contributed by atoms with van der Waals surface area (Å²) in [6.45, 7) is 2.21. The molecule has 0 aliphatic carbocycles. The fourth-order valence-corrected chi connectivity index (χ4v) is 5.43. The van der Waals surface area contributed by atoms with E-state index in [1.54, 1.807) is 0 Å². The normalized spacial score (nSPS) is 9.73. The van der Waals surface area contributed by atoms with E-state index in [1.807, 2.05) is 32.4 Å². The van der Waals surface area contributed by atoms with Crippen LogP contribution in [0, 0.1) is 6.92 Å². The molecule has 0 saturated heterocycles. The highest BCUT2D eigenvalue weighted by Crippen LogP contribution is 2.40. The van der Waals surface area contributed by atoms with Crippen molar-refractivity contribution in [1.82, 2.24) is 0 Å². The van der Waals surface area contributed by atoms with Crippen molar-refractivity contribution in [3.05, 3.63) is 35.9 Å². The maximum Gasteiger partial charge on any atom is 0.308 e. The van der Waals surface area contributed by atoms with Crippen molar-refractivity contribution in [2.24, 2.45) is 0 Å². The second kappa shape index (κ2) is 6.18. The first-order valence-electron chi connectivity index (χ1n) is 4.35. The van der Waals surface area contributed by atoms with Crippen LogP contribution in [0.4, 0.5) is 0 Å².